The van der Waals surface area contributed by atoms with Gasteiger partial charge in [0.05, 0.1) is 18.2 Å². The third-order valence-electron chi connectivity index (χ3n) is 5.76. The molecule has 10 heteroatoms. The lowest BCUT2D eigenvalue weighted by Gasteiger charge is -2.33. The summed E-state index contributed by atoms with van der Waals surface area (Å²) in [5.41, 5.74) is 2.94. The largest absolute Gasteiger partial charge is 0.347 e. The number of tetrazole rings is 1. The van der Waals surface area contributed by atoms with Crippen molar-refractivity contribution >= 4 is 23.5 Å². The zero-order valence-corrected chi connectivity index (χ0v) is 20.2. The van der Waals surface area contributed by atoms with Crippen LogP contribution >= 0.6 is 11.6 Å². The number of halogens is 1. The van der Waals surface area contributed by atoms with Gasteiger partial charge in [0.25, 0.3) is 0 Å². The van der Waals surface area contributed by atoms with E-state index in [2.05, 4.69) is 20.4 Å². The standard InChI is InChI=1S/C23H29ClN8O/c1-15(2)32-28-20(27-29-32)12-21(33)31-11-5-6-17(14-31)22-19(13-25-23(26-22)30(3)4)16-7-9-18(24)10-8-16/h7-10,13,15,17H,5-6,11-12,14H2,1-4H3/t17-/m0/s1. The molecular weight excluding hydrogens is 440 g/mol. The third-order valence-corrected chi connectivity index (χ3v) is 6.01. The molecule has 2 aromatic heterocycles. The molecule has 174 valence electrons. The minimum atomic E-state index is 0.0120. The lowest BCUT2D eigenvalue weighted by Crippen LogP contribution is -2.40. The maximum absolute atomic E-state index is 13.0. The van der Waals surface area contributed by atoms with Gasteiger partial charge in [-0.25, -0.2) is 9.97 Å². The lowest BCUT2D eigenvalue weighted by atomic mass is 9.89. The molecule has 0 bridgehead atoms. The molecule has 0 N–H and O–H groups in total. The fourth-order valence-electron chi connectivity index (χ4n) is 3.98. The first-order valence-electron chi connectivity index (χ1n) is 11.2. The Balaban J connectivity index is 1.58. The highest BCUT2D eigenvalue weighted by Gasteiger charge is 2.29. The van der Waals surface area contributed by atoms with Crippen molar-refractivity contribution < 1.29 is 4.79 Å². The first kappa shape index (κ1) is 23.1. The molecule has 33 heavy (non-hydrogen) atoms. The van der Waals surface area contributed by atoms with Gasteiger partial charge in [0, 0.05) is 49.9 Å². The Kier molecular flexibility index (Phi) is 6.88. The van der Waals surface area contributed by atoms with Crippen LogP contribution in [0.5, 0.6) is 0 Å². The average Bonchev–Trinajstić information content (AvgIpc) is 3.28. The molecule has 0 unspecified atom stereocenters. The van der Waals surface area contributed by atoms with E-state index in [0.717, 1.165) is 36.2 Å². The number of carbonyl (C=O) groups excluding carboxylic acids is 1. The molecule has 1 aromatic carbocycles. The Morgan fingerprint density at radius 2 is 2.00 bits per heavy atom. The van der Waals surface area contributed by atoms with Gasteiger partial charge in [-0.2, -0.15) is 4.80 Å². The summed E-state index contributed by atoms with van der Waals surface area (Å²) >= 11 is 6.10. The monoisotopic (exact) mass is 468 g/mol. The van der Waals surface area contributed by atoms with Gasteiger partial charge in [0.1, 0.15) is 0 Å². The van der Waals surface area contributed by atoms with Gasteiger partial charge in [0.15, 0.2) is 5.82 Å². The summed E-state index contributed by atoms with van der Waals surface area (Å²) in [7, 11) is 3.85. The predicted molar refractivity (Wildman–Crippen MR) is 127 cm³/mol. The van der Waals surface area contributed by atoms with Crippen LogP contribution in [0.25, 0.3) is 11.1 Å². The molecule has 1 aliphatic rings. The number of benzene rings is 1. The van der Waals surface area contributed by atoms with Crippen molar-refractivity contribution in [2.45, 2.75) is 45.1 Å². The Labute approximate surface area is 198 Å². The van der Waals surface area contributed by atoms with E-state index in [-0.39, 0.29) is 24.3 Å². The second kappa shape index (κ2) is 9.82. The van der Waals surface area contributed by atoms with E-state index in [1.54, 1.807) is 0 Å². The molecule has 3 heterocycles. The van der Waals surface area contributed by atoms with Crippen molar-refractivity contribution in [3.05, 3.63) is 47.0 Å². The summed E-state index contributed by atoms with van der Waals surface area (Å²) in [4.78, 5) is 27.8. The first-order valence-corrected chi connectivity index (χ1v) is 11.6. The average molecular weight is 469 g/mol. The summed E-state index contributed by atoms with van der Waals surface area (Å²) < 4.78 is 0. The summed E-state index contributed by atoms with van der Waals surface area (Å²) in [5, 5.41) is 13.1. The van der Waals surface area contributed by atoms with Crippen LogP contribution < -0.4 is 4.90 Å². The van der Waals surface area contributed by atoms with E-state index in [1.165, 1.54) is 4.80 Å². The maximum Gasteiger partial charge on any atom is 0.230 e. The lowest BCUT2D eigenvalue weighted by molar-refractivity contribution is -0.131. The van der Waals surface area contributed by atoms with Gasteiger partial charge >= 0.3 is 0 Å². The van der Waals surface area contributed by atoms with Crippen molar-refractivity contribution in [2.24, 2.45) is 0 Å². The molecule has 1 atom stereocenters. The van der Waals surface area contributed by atoms with Crippen LogP contribution in [0.15, 0.2) is 30.5 Å². The van der Waals surface area contributed by atoms with Crippen LogP contribution in [0.1, 0.15) is 50.2 Å². The number of aromatic nitrogens is 6. The van der Waals surface area contributed by atoms with E-state index in [1.807, 2.05) is 68.2 Å². The van der Waals surface area contributed by atoms with Crippen molar-refractivity contribution in [3.63, 3.8) is 0 Å². The van der Waals surface area contributed by atoms with E-state index in [9.17, 15) is 4.79 Å². The van der Waals surface area contributed by atoms with E-state index < -0.39 is 0 Å². The van der Waals surface area contributed by atoms with Gasteiger partial charge in [-0.3, -0.25) is 4.79 Å². The zero-order valence-electron chi connectivity index (χ0n) is 19.4. The number of hydrogen-bond acceptors (Lipinski definition) is 7. The van der Waals surface area contributed by atoms with Crippen LogP contribution in [0.3, 0.4) is 0 Å². The Bertz CT molecular complexity index is 1110. The summed E-state index contributed by atoms with van der Waals surface area (Å²) in [6.45, 7) is 5.27. The van der Waals surface area contributed by atoms with Gasteiger partial charge in [0.2, 0.25) is 11.9 Å². The Morgan fingerprint density at radius 3 is 2.67 bits per heavy atom. The molecule has 0 saturated carbocycles. The van der Waals surface area contributed by atoms with Gasteiger partial charge in [-0.15, -0.1) is 10.2 Å². The topological polar surface area (TPSA) is 92.9 Å². The Morgan fingerprint density at radius 1 is 1.24 bits per heavy atom. The number of piperidine rings is 1. The second-order valence-corrected chi connectivity index (χ2v) is 9.28. The molecule has 0 aliphatic carbocycles. The molecule has 4 rings (SSSR count). The van der Waals surface area contributed by atoms with Gasteiger partial charge in [-0.05, 0) is 49.6 Å². The molecule has 1 aliphatic heterocycles. The summed E-state index contributed by atoms with van der Waals surface area (Å²) in [6, 6.07) is 7.81. The fourth-order valence-corrected chi connectivity index (χ4v) is 4.11. The van der Waals surface area contributed by atoms with Crippen LogP contribution in [0.2, 0.25) is 5.02 Å². The molecular formula is C23H29ClN8O. The molecule has 3 aromatic rings. The summed E-state index contributed by atoms with van der Waals surface area (Å²) in [6.07, 6.45) is 3.88. The highest BCUT2D eigenvalue weighted by molar-refractivity contribution is 6.30. The van der Waals surface area contributed by atoms with Gasteiger partial charge < -0.3 is 9.80 Å². The number of carbonyl (C=O) groups is 1. The van der Waals surface area contributed by atoms with Crippen LogP contribution in [0, 0.1) is 0 Å². The normalized spacial score (nSPS) is 16.3. The smallest absolute Gasteiger partial charge is 0.230 e. The fraction of sp³-hybridized carbons (Fsp3) is 0.478. The first-order chi connectivity index (χ1) is 15.8. The molecule has 9 nitrogen and oxygen atoms in total. The molecule has 0 spiro atoms. The predicted octanol–water partition coefficient (Wildman–Crippen LogP) is 3.38. The number of anilines is 1. The maximum atomic E-state index is 13.0. The minimum absolute atomic E-state index is 0.0120. The number of nitrogens with zero attached hydrogens (tertiary/aromatic N) is 8. The molecule has 1 fully saturated rings. The Hall–Kier alpha value is -3.07. The van der Waals surface area contributed by atoms with E-state index in [0.29, 0.717) is 23.3 Å². The van der Waals surface area contributed by atoms with Gasteiger partial charge in [-0.1, -0.05) is 23.7 Å². The second-order valence-electron chi connectivity index (χ2n) is 8.85. The third kappa shape index (κ3) is 5.30. The van der Waals surface area contributed by atoms with Crippen LogP contribution in [-0.4, -0.2) is 68.2 Å². The van der Waals surface area contributed by atoms with E-state index in [4.69, 9.17) is 16.6 Å². The number of likely N-dealkylation sites (tertiary alicyclic amines) is 1. The summed E-state index contributed by atoms with van der Waals surface area (Å²) in [5.74, 6) is 1.22. The highest BCUT2D eigenvalue weighted by Crippen LogP contribution is 2.34. The quantitative estimate of drug-likeness (QED) is 0.547. The minimum Gasteiger partial charge on any atom is -0.347 e. The van der Waals surface area contributed by atoms with Crippen molar-refractivity contribution in [1.29, 1.82) is 0 Å². The highest BCUT2D eigenvalue weighted by atomic mass is 35.5. The zero-order chi connectivity index (χ0) is 23.5. The molecule has 1 saturated heterocycles. The number of rotatable bonds is 6. The molecule has 0 radical (unpaired) electrons. The number of hydrogen-bond donors (Lipinski definition) is 0. The van der Waals surface area contributed by atoms with Crippen molar-refractivity contribution in [3.8, 4) is 11.1 Å². The SMILES string of the molecule is CC(C)n1nnc(CC(=O)N2CCC[C@H](c3nc(N(C)C)ncc3-c3ccc(Cl)cc3)C2)n1. The van der Waals surface area contributed by atoms with Crippen molar-refractivity contribution in [2.75, 3.05) is 32.1 Å². The number of amides is 1. The molecule has 1 amide bonds. The van der Waals surface area contributed by atoms with Crippen LogP contribution in [0.4, 0.5) is 5.95 Å². The van der Waals surface area contributed by atoms with Crippen LogP contribution in [-0.2, 0) is 11.2 Å². The van der Waals surface area contributed by atoms with E-state index >= 15 is 0 Å². The van der Waals surface area contributed by atoms with Crippen molar-refractivity contribution in [1.82, 2.24) is 35.1 Å².